The number of carbonyl (C=O) groups is 2. The van der Waals surface area contributed by atoms with E-state index in [1.54, 1.807) is 0 Å². The Morgan fingerprint density at radius 2 is 1.76 bits per heavy atom. The molecule has 0 saturated heterocycles. The lowest BCUT2D eigenvalue weighted by molar-refractivity contribution is -0.144. The van der Waals surface area contributed by atoms with Gasteiger partial charge < -0.3 is 11.1 Å². The molecule has 4 nitrogen and oxygen atoms in total. The summed E-state index contributed by atoms with van der Waals surface area (Å²) in [5, 5.41) is 3.08. The molecule has 3 N–H and O–H groups in total. The van der Waals surface area contributed by atoms with Crippen LogP contribution in [-0.2, 0) is 9.59 Å². The van der Waals surface area contributed by atoms with E-state index in [4.69, 9.17) is 5.73 Å². The summed E-state index contributed by atoms with van der Waals surface area (Å²) in [4.78, 5) is 25.0. The molecule has 0 radical (unpaired) electrons. The van der Waals surface area contributed by atoms with Gasteiger partial charge in [0.05, 0.1) is 11.3 Å². The van der Waals surface area contributed by atoms with E-state index in [1.165, 1.54) is 12.8 Å². The highest BCUT2D eigenvalue weighted by atomic mass is 16.2. The first-order valence-corrected chi connectivity index (χ1v) is 8.36. The Bertz CT molecular complexity index is 402. The molecule has 2 amide bonds. The fourth-order valence-electron chi connectivity index (χ4n) is 3.68. The van der Waals surface area contributed by atoms with Gasteiger partial charge in [-0.25, -0.2) is 0 Å². The molecule has 0 aromatic carbocycles. The van der Waals surface area contributed by atoms with Gasteiger partial charge in [-0.2, -0.15) is 0 Å². The van der Waals surface area contributed by atoms with Crippen molar-refractivity contribution in [3.05, 3.63) is 0 Å². The van der Waals surface area contributed by atoms with Crippen LogP contribution in [0.5, 0.6) is 0 Å². The fraction of sp³-hybridized carbons (Fsp3) is 0.882. The molecule has 0 aromatic heterocycles. The number of hydrogen-bond donors (Lipinski definition) is 2. The van der Waals surface area contributed by atoms with E-state index in [9.17, 15) is 9.59 Å². The summed E-state index contributed by atoms with van der Waals surface area (Å²) in [7, 11) is 0. The lowest BCUT2D eigenvalue weighted by Crippen LogP contribution is -2.53. The zero-order valence-electron chi connectivity index (χ0n) is 13.7. The summed E-state index contributed by atoms with van der Waals surface area (Å²) < 4.78 is 0. The number of hydrogen-bond acceptors (Lipinski definition) is 2. The van der Waals surface area contributed by atoms with Crippen LogP contribution < -0.4 is 11.1 Å². The largest absolute Gasteiger partial charge is 0.369 e. The van der Waals surface area contributed by atoms with Crippen LogP contribution >= 0.6 is 0 Å². The monoisotopic (exact) mass is 294 g/mol. The van der Waals surface area contributed by atoms with E-state index < -0.39 is 5.41 Å². The molecule has 21 heavy (non-hydrogen) atoms. The van der Waals surface area contributed by atoms with E-state index in [0.717, 1.165) is 38.5 Å². The maximum absolute atomic E-state index is 12.8. The summed E-state index contributed by atoms with van der Waals surface area (Å²) in [5.74, 6) is 0.118. The van der Waals surface area contributed by atoms with Gasteiger partial charge in [0, 0.05) is 5.54 Å². The van der Waals surface area contributed by atoms with Crippen LogP contribution in [0.3, 0.4) is 0 Å². The summed E-state index contributed by atoms with van der Waals surface area (Å²) in [6, 6.07) is 0. The lowest BCUT2D eigenvalue weighted by Gasteiger charge is -2.41. The van der Waals surface area contributed by atoms with Crippen molar-refractivity contribution in [2.75, 3.05) is 0 Å². The molecule has 0 unspecified atom stereocenters. The van der Waals surface area contributed by atoms with Crippen LogP contribution in [0, 0.1) is 17.3 Å². The first-order chi connectivity index (χ1) is 9.74. The van der Waals surface area contributed by atoms with Gasteiger partial charge in [-0.05, 0) is 46.0 Å². The average molecular weight is 294 g/mol. The lowest BCUT2D eigenvalue weighted by atomic mass is 9.63. The second kappa shape index (κ2) is 5.98. The van der Waals surface area contributed by atoms with Crippen LogP contribution in [0.15, 0.2) is 0 Å². The highest BCUT2D eigenvalue weighted by molar-refractivity contribution is 5.90. The fourth-order valence-corrected chi connectivity index (χ4v) is 3.68. The molecule has 2 aliphatic carbocycles. The van der Waals surface area contributed by atoms with Crippen molar-refractivity contribution in [3.63, 3.8) is 0 Å². The van der Waals surface area contributed by atoms with E-state index in [2.05, 4.69) is 5.32 Å². The second-order valence-corrected chi connectivity index (χ2v) is 8.05. The van der Waals surface area contributed by atoms with Crippen molar-refractivity contribution in [2.24, 2.45) is 23.0 Å². The molecule has 2 fully saturated rings. The zero-order valence-corrected chi connectivity index (χ0v) is 13.7. The Kier molecular flexibility index (Phi) is 4.64. The Morgan fingerprint density at radius 1 is 1.19 bits per heavy atom. The standard InChI is InChI=1S/C17H30N2O2/c1-16(2,3)19-14(20)13(11-12-7-8-12)17(15(18)21)9-5-4-6-10-17/h12-13H,4-11H2,1-3H3,(H2,18,21)(H,19,20)/t13-/m0/s1. The van der Waals surface area contributed by atoms with Crippen molar-refractivity contribution < 1.29 is 9.59 Å². The molecule has 0 aliphatic heterocycles. The number of carbonyl (C=O) groups excluding carboxylic acids is 2. The zero-order chi connectivity index (χ0) is 15.7. The highest BCUT2D eigenvalue weighted by Crippen LogP contribution is 2.48. The van der Waals surface area contributed by atoms with Gasteiger partial charge in [-0.1, -0.05) is 32.1 Å². The maximum Gasteiger partial charge on any atom is 0.224 e. The molecular formula is C17H30N2O2. The summed E-state index contributed by atoms with van der Waals surface area (Å²) in [6.07, 6.45) is 7.91. The topological polar surface area (TPSA) is 72.2 Å². The minimum Gasteiger partial charge on any atom is -0.369 e. The predicted octanol–water partition coefficient (Wildman–Crippen LogP) is 2.75. The van der Waals surface area contributed by atoms with E-state index in [0.29, 0.717) is 5.92 Å². The predicted molar refractivity (Wildman–Crippen MR) is 83.4 cm³/mol. The van der Waals surface area contributed by atoms with Crippen molar-refractivity contribution in [1.82, 2.24) is 5.32 Å². The molecule has 2 rings (SSSR count). The molecular weight excluding hydrogens is 264 g/mol. The number of amides is 2. The molecule has 2 aliphatic rings. The van der Waals surface area contributed by atoms with Gasteiger partial charge in [-0.3, -0.25) is 9.59 Å². The quantitative estimate of drug-likeness (QED) is 0.818. The summed E-state index contributed by atoms with van der Waals surface area (Å²) in [6.45, 7) is 5.95. The minimum atomic E-state index is -0.615. The molecule has 0 aromatic rings. The Hall–Kier alpha value is -1.06. The van der Waals surface area contributed by atoms with Gasteiger partial charge in [0.15, 0.2) is 0 Å². The summed E-state index contributed by atoms with van der Waals surface area (Å²) >= 11 is 0. The Labute approximate surface area is 128 Å². The van der Waals surface area contributed by atoms with Gasteiger partial charge in [0.1, 0.15) is 0 Å². The van der Waals surface area contributed by atoms with E-state index >= 15 is 0 Å². The maximum atomic E-state index is 12.8. The number of nitrogens with two attached hydrogens (primary N) is 1. The van der Waals surface area contributed by atoms with Crippen LogP contribution in [-0.4, -0.2) is 17.4 Å². The first kappa shape index (κ1) is 16.3. The van der Waals surface area contributed by atoms with Crippen LogP contribution in [0.2, 0.25) is 0 Å². The molecule has 0 bridgehead atoms. The first-order valence-electron chi connectivity index (χ1n) is 8.36. The molecule has 2 saturated carbocycles. The number of primary amides is 1. The SMILES string of the molecule is CC(C)(C)NC(=O)[C@H](CC1CC1)C1(C(N)=O)CCCCC1. The summed E-state index contributed by atoms with van der Waals surface area (Å²) in [5.41, 5.74) is 4.90. The molecule has 4 heteroatoms. The highest BCUT2D eigenvalue weighted by Gasteiger charge is 2.50. The third kappa shape index (κ3) is 3.98. The van der Waals surface area contributed by atoms with Gasteiger partial charge in [0.2, 0.25) is 11.8 Å². The van der Waals surface area contributed by atoms with E-state index in [-0.39, 0.29) is 23.3 Å². The van der Waals surface area contributed by atoms with Crippen molar-refractivity contribution >= 4 is 11.8 Å². The third-order valence-corrected chi connectivity index (χ3v) is 4.98. The number of nitrogens with one attached hydrogen (secondary N) is 1. The van der Waals surface area contributed by atoms with Gasteiger partial charge in [-0.15, -0.1) is 0 Å². The van der Waals surface area contributed by atoms with Gasteiger partial charge in [0.25, 0.3) is 0 Å². The molecule has 120 valence electrons. The molecule has 1 atom stereocenters. The Morgan fingerprint density at radius 3 is 2.19 bits per heavy atom. The molecule has 0 heterocycles. The number of rotatable bonds is 5. The smallest absolute Gasteiger partial charge is 0.224 e. The van der Waals surface area contributed by atoms with E-state index in [1.807, 2.05) is 20.8 Å². The Balaban J connectivity index is 2.23. The van der Waals surface area contributed by atoms with Crippen molar-refractivity contribution in [3.8, 4) is 0 Å². The van der Waals surface area contributed by atoms with Crippen molar-refractivity contribution in [1.29, 1.82) is 0 Å². The van der Waals surface area contributed by atoms with Crippen molar-refractivity contribution in [2.45, 2.75) is 77.7 Å². The van der Waals surface area contributed by atoms with Crippen LogP contribution in [0.4, 0.5) is 0 Å². The second-order valence-electron chi connectivity index (χ2n) is 8.05. The minimum absolute atomic E-state index is 0.0232. The molecule has 0 spiro atoms. The van der Waals surface area contributed by atoms with Crippen LogP contribution in [0.25, 0.3) is 0 Å². The van der Waals surface area contributed by atoms with Crippen LogP contribution in [0.1, 0.15) is 72.1 Å². The normalized spacial score (nSPS) is 23.4. The third-order valence-electron chi connectivity index (χ3n) is 4.98. The van der Waals surface area contributed by atoms with Gasteiger partial charge >= 0.3 is 0 Å². The average Bonchev–Trinajstić information content (AvgIpc) is 3.18.